The number of hydrogen-bond donors (Lipinski definition) is 1. The van der Waals surface area contributed by atoms with E-state index in [0.29, 0.717) is 0 Å². The van der Waals surface area contributed by atoms with E-state index in [0.717, 1.165) is 0 Å². The van der Waals surface area contributed by atoms with Crippen LogP contribution in [0.3, 0.4) is 0 Å². The lowest BCUT2D eigenvalue weighted by Crippen LogP contribution is -2.63. The lowest BCUT2D eigenvalue weighted by atomic mass is 10.1. The molecule has 0 saturated carbocycles. The Morgan fingerprint density at radius 1 is 1.14 bits per heavy atom. The third kappa shape index (κ3) is 5.09. The second-order valence-electron chi connectivity index (χ2n) is 3.59. The number of rotatable bonds is 3. The van der Waals surface area contributed by atoms with Gasteiger partial charge in [-0.1, -0.05) is 12.8 Å². The van der Waals surface area contributed by atoms with E-state index in [4.69, 9.17) is 4.55 Å². The summed E-state index contributed by atoms with van der Waals surface area (Å²) in [6, 6.07) is 0. The topological polar surface area (TPSA) is 80.7 Å². The summed E-state index contributed by atoms with van der Waals surface area (Å²) in [5, 5.41) is 0. The minimum atomic E-state index is -6.34. The van der Waals surface area contributed by atoms with E-state index in [1.807, 2.05) is 5.92 Å². The van der Waals surface area contributed by atoms with Crippen LogP contribution in [0.5, 0.6) is 0 Å². The Hall–Kier alpha value is -1.48. The fourth-order valence-electron chi connectivity index (χ4n) is 1.07. The van der Waals surface area contributed by atoms with Crippen LogP contribution in [0, 0.1) is 11.8 Å². The highest BCUT2D eigenvalue weighted by Crippen LogP contribution is 2.46. The largest absolute Gasteiger partial charge is 0.438 e. The molecule has 0 aromatic heterocycles. The number of esters is 1. The second kappa shape index (κ2) is 6.10. The van der Waals surface area contributed by atoms with Crippen molar-refractivity contribution >= 4 is 16.1 Å². The van der Waals surface area contributed by atoms with E-state index >= 15 is 0 Å². The quantitative estimate of drug-likeness (QED) is 0.278. The summed E-state index contributed by atoms with van der Waals surface area (Å²) in [4.78, 5) is 10.9. The zero-order chi connectivity index (χ0) is 17.1. The van der Waals surface area contributed by atoms with Gasteiger partial charge in [0.2, 0.25) is 0 Å². The van der Waals surface area contributed by atoms with Crippen molar-refractivity contribution in [2.24, 2.45) is 0 Å². The Bertz CT molecular complexity index is 536. The Morgan fingerprint density at radius 3 is 1.86 bits per heavy atom. The standard InChI is InChI=1S/C9H8F6O5S/c1-2-3-4-6(16)20-7(8(10,11)12,9(13,14)15)5-21(17,18)19/h2,5H2,1H3,(H,17,18,19). The maximum absolute atomic E-state index is 12.7. The molecular weight excluding hydrogens is 334 g/mol. The zero-order valence-electron chi connectivity index (χ0n) is 10.2. The van der Waals surface area contributed by atoms with Crippen LogP contribution >= 0.6 is 0 Å². The van der Waals surface area contributed by atoms with Crippen LogP contribution in [0.2, 0.25) is 0 Å². The van der Waals surface area contributed by atoms with Crippen LogP contribution < -0.4 is 0 Å². The lowest BCUT2D eigenvalue weighted by Gasteiger charge is -2.34. The molecule has 0 aromatic carbocycles. The van der Waals surface area contributed by atoms with Crippen molar-refractivity contribution in [1.29, 1.82) is 0 Å². The molecule has 0 fully saturated rings. The molecule has 122 valence electrons. The fourth-order valence-corrected chi connectivity index (χ4v) is 1.97. The summed E-state index contributed by atoms with van der Waals surface area (Å²) in [6.45, 7) is 1.35. The van der Waals surface area contributed by atoms with E-state index in [1.165, 1.54) is 12.8 Å². The van der Waals surface area contributed by atoms with Gasteiger partial charge in [0, 0.05) is 12.3 Å². The molecule has 0 spiro atoms. The van der Waals surface area contributed by atoms with Crippen LogP contribution in [0.1, 0.15) is 13.3 Å². The first-order valence-corrected chi connectivity index (χ1v) is 6.57. The minimum Gasteiger partial charge on any atom is -0.429 e. The molecule has 12 heteroatoms. The molecule has 0 radical (unpaired) electrons. The van der Waals surface area contributed by atoms with Crippen molar-refractivity contribution in [2.45, 2.75) is 31.3 Å². The van der Waals surface area contributed by atoms with Crippen molar-refractivity contribution in [1.82, 2.24) is 0 Å². The molecule has 0 aliphatic rings. The SMILES string of the molecule is CCC#CC(=O)OC(CS(=O)(=O)O)(C(F)(F)F)C(F)(F)F. The van der Waals surface area contributed by atoms with Crippen molar-refractivity contribution in [3.8, 4) is 11.8 Å². The van der Waals surface area contributed by atoms with Crippen LogP contribution in [-0.4, -0.2) is 42.6 Å². The van der Waals surface area contributed by atoms with Gasteiger partial charge in [-0.05, 0) is 0 Å². The molecule has 0 bridgehead atoms. The average Bonchev–Trinajstić information content (AvgIpc) is 2.20. The van der Waals surface area contributed by atoms with Gasteiger partial charge in [0.15, 0.2) is 0 Å². The van der Waals surface area contributed by atoms with Gasteiger partial charge >= 0.3 is 23.9 Å². The zero-order valence-corrected chi connectivity index (χ0v) is 11.0. The Balaban J connectivity index is 6.01. The van der Waals surface area contributed by atoms with Gasteiger partial charge in [0.05, 0.1) is 0 Å². The van der Waals surface area contributed by atoms with Gasteiger partial charge in [-0.3, -0.25) is 4.55 Å². The summed E-state index contributed by atoms with van der Waals surface area (Å²) in [6.07, 6.45) is -12.8. The lowest BCUT2D eigenvalue weighted by molar-refractivity contribution is -0.360. The highest BCUT2D eigenvalue weighted by Gasteiger charge is 2.75. The molecule has 5 nitrogen and oxygen atoms in total. The molecule has 0 heterocycles. The molecule has 0 aliphatic heterocycles. The Labute approximate surface area is 115 Å². The van der Waals surface area contributed by atoms with Crippen molar-refractivity contribution < 1.29 is 48.8 Å². The molecule has 0 unspecified atom stereocenters. The Morgan fingerprint density at radius 2 is 1.57 bits per heavy atom. The minimum absolute atomic E-state index is 0.0710. The number of alkyl halides is 6. The van der Waals surface area contributed by atoms with Crippen LogP contribution in [-0.2, 0) is 19.6 Å². The monoisotopic (exact) mass is 342 g/mol. The van der Waals surface area contributed by atoms with Crippen LogP contribution in [0.4, 0.5) is 26.3 Å². The third-order valence-corrected chi connectivity index (χ3v) is 2.71. The van der Waals surface area contributed by atoms with Crippen molar-refractivity contribution in [3.63, 3.8) is 0 Å². The molecular formula is C9H8F6O5S. The average molecular weight is 342 g/mol. The molecule has 1 N–H and O–H groups in total. The smallest absolute Gasteiger partial charge is 0.429 e. The summed E-state index contributed by atoms with van der Waals surface area (Å²) >= 11 is 0. The molecule has 21 heavy (non-hydrogen) atoms. The number of ether oxygens (including phenoxy) is 1. The maximum atomic E-state index is 12.7. The van der Waals surface area contributed by atoms with Gasteiger partial charge < -0.3 is 4.74 Å². The summed E-state index contributed by atoms with van der Waals surface area (Å²) in [7, 11) is -5.78. The van der Waals surface area contributed by atoms with Gasteiger partial charge in [0.25, 0.3) is 10.1 Å². The van der Waals surface area contributed by atoms with Crippen LogP contribution in [0.25, 0.3) is 0 Å². The number of halogens is 6. The van der Waals surface area contributed by atoms with E-state index in [9.17, 15) is 39.6 Å². The van der Waals surface area contributed by atoms with E-state index in [1.54, 1.807) is 0 Å². The third-order valence-electron chi connectivity index (χ3n) is 1.94. The van der Waals surface area contributed by atoms with Crippen molar-refractivity contribution in [3.05, 3.63) is 0 Å². The number of carbonyl (C=O) groups excluding carboxylic acids is 1. The highest BCUT2D eigenvalue weighted by molar-refractivity contribution is 7.85. The van der Waals surface area contributed by atoms with E-state index in [-0.39, 0.29) is 6.42 Å². The Kier molecular flexibility index (Phi) is 5.67. The molecule has 0 rings (SSSR count). The van der Waals surface area contributed by atoms with Crippen molar-refractivity contribution in [2.75, 3.05) is 5.75 Å². The normalized spacial score (nSPS) is 13.3. The summed E-state index contributed by atoms with van der Waals surface area (Å²) in [5.41, 5.74) is -5.41. The van der Waals surface area contributed by atoms with Gasteiger partial charge in [-0.25, -0.2) is 4.79 Å². The first-order chi connectivity index (χ1) is 9.16. The molecule has 0 atom stereocenters. The molecule has 0 saturated heterocycles. The second-order valence-corrected chi connectivity index (χ2v) is 5.05. The van der Waals surface area contributed by atoms with Gasteiger partial charge in [-0.15, -0.1) is 0 Å². The van der Waals surface area contributed by atoms with Gasteiger partial charge in [0.1, 0.15) is 5.75 Å². The predicted octanol–water partition coefficient (Wildman–Crippen LogP) is 1.69. The first-order valence-electron chi connectivity index (χ1n) is 4.97. The summed E-state index contributed by atoms with van der Waals surface area (Å²) in [5.74, 6) is -1.96. The molecule has 0 aliphatic carbocycles. The molecule has 0 aromatic rings. The first kappa shape index (κ1) is 19.5. The predicted molar refractivity (Wildman–Crippen MR) is 55.4 cm³/mol. The summed E-state index contributed by atoms with van der Waals surface area (Å²) < 4.78 is 108. The van der Waals surface area contributed by atoms with Crippen LogP contribution in [0.15, 0.2) is 0 Å². The fraction of sp³-hybridized carbons (Fsp3) is 0.667. The maximum Gasteiger partial charge on any atom is 0.438 e. The van der Waals surface area contributed by atoms with Gasteiger partial charge in [-0.2, -0.15) is 34.8 Å². The van der Waals surface area contributed by atoms with E-state index < -0.39 is 39.8 Å². The number of carbonyl (C=O) groups is 1. The molecule has 0 amide bonds. The van der Waals surface area contributed by atoms with E-state index in [2.05, 4.69) is 4.74 Å². The highest BCUT2D eigenvalue weighted by atomic mass is 32.2. The number of hydrogen-bond acceptors (Lipinski definition) is 4.